The minimum atomic E-state index is 0.860. The van der Waals surface area contributed by atoms with Crippen LogP contribution in [0.1, 0.15) is 21.3 Å². The summed E-state index contributed by atoms with van der Waals surface area (Å²) in [6, 6.07) is 0. The van der Waals surface area contributed by atoms with Gasteiger partial charge in [0.1, 0.15) is 0 Å². The van der Waals surface area contributed by atoms with Crippen molar-refractivity contribution >= 4 is 11.3 Å². The number of rotatable bonds is 2. The van der Waals surface area contributed by atoms with Crippen molar-refractivity contribution in [1.82, 2.24) is 15.0 Å². The Labute approximate surface area is 80.9 Å². The molecule has 0 saturated heterocycles. The van der Waals surface area contributed by atoms with Gasteiger partial charge in [-0.3, -0.25) is 0 Å². The fourth-order valence-corrected chi connectivity index (χ4v) is 2.12. The third kappa shape index (κ3) is 1.78. The second-order valence-electron chi connectivity index (χ2n) is 3.00. The van der Waals surface area contributed by atoms with Crippen LogP contribution in [0, 0.1) is 13.8 Å². The highest BCUT2D eigenvalue weighted by atomic mass is 32.1. The lowest BCUT2D eigenvalue weighted by Crippen LogP contribution is -1.86. The molecule has 0 aromatic carbocycles. The number of aromatic nitrogens is 3. The maximum atomic E-state index is 4.46. The van der Waals surface area contributed by atoms with E-state index >= 15 is 0 Å². The molecule has 13 heavy (non-hydrogen) atoms. The molecule has 2 rings (SSSR count). The van der Waals surface area contributed by atoms with Crippen molar-refractivity contribution in [3.63, 3.8) is 0 Å². The maximum absolute atomic E-state index is 4.46. The fourth-order valence-electron chi connectivity index (χ4n) is 1.16. The molecule has 1 N–H and O–H groups in total. The van der Waals surface area contributed by atoms with Crippen molar-refractivity contribution in [3.8, 4) is 0 Å². The summed E-state index contributed by atoms with van der Waals surface area (Å²) >= 11 is 1.75. The lowest BCUT2D eigenvalue weighted by molar-refractivity contribution is 1.05. The Morgan fingerprint density at radius 3 is 2.85 bits per heavy atom. The van der Waals surface area contributed by atoms with Gasteiger partial charge in [-0.1, -0.05) is 0 Å². The van der Waals surface area contributed by atoms with Gasteiger partial charge in [0.05, 0.1) is 17.0 Å². The Morgan fingerprint density at radius 2 is 2.31 bits per heavy atom. The van der Waals surface area contributed by atoms with Crippen LogP contribution in [0.4, 0.5) is 0 Å². The van der Waals surface area contributed by atoms with E-state index < -0.39 is 0 Å². The average Bonchev–Trinajstić information content (AvgIpc) is 2.64. The molecule has 0 saturated carbocycles. The Balaban J connectivity index is 2.19. The Kier molecular flexibility index (Phi) is 2.14. The molecule has 2 heterocycles. The number of aromatic amines is 1. The lowest BCUT2D eigenvalue weighted by Gasteiger charge is -1.89. The van der Waals surface area contributed by atoms with Crippen LogP contribution >= 0.6 is 11.3 Å². The molecule has 0 radical (unpaired) electrons. The number of nitrogens with zero attached hydrogens (tertiary/aromatic N) is 2. The van der Waals surface area contributed by atoms with Crippen LogP contribution in [0.15, 0.2) is 12.5 Å². The first-order chi connectivity index (χ1) is 6.25. The summed E-state index contributed by atoms with van der Waals surface area (Å²) in [5, 5.41) is 1.15. The molecule has 0 spiro atoms. The molecule has 2 aromatic heterocycles. The van der Waals surface area contributed by atoms with Crippen LogP contribution in [0.3, 0.4) is 0 Å². The van der Waals surface area contributed by atoms with E-state index in [9.17, 15) is 0 Å². The molecule has 0 aliphatic carbocycles. The molecule has 0 aliphatic heterocycles. The van der Waals surface area contributed by atoms with Crippen molar-refractivity contribution in [2.75, 3.05) is 0 Å². The van der Waals surface area contributed by atoms with Crippen molar-refractivity contribution in [2.45, 2.75) is 20.3 Å². The predicted molar refractivity (Wildman–Crippen MR) is 53.0 cm³/mol. The summed E-state index contributed by atoms with van der Waals surface area (Å²) < 4.78 is 0. The number of nitrogens with one attached hydrogen (secondary N) is 1. The standard InChI is InChI=1S/C9H11N3S/c1-6-7(2)13-9(12-6)3-8-4-10-5-11-8/h4-5H,3H2,1-2H3,(H,10,11). The first kappa shape index (κ1) is 8.44. The summed E-state index contributed by atoms with van der Waals surface area (Å²) in [6.45, 7) is 4.14. The highest BCUT2D eigenvalue weighted by molar-refractivity contribution is 7.11. The van der Waals surface area contributed by atoms with E-state index in [0.29, 0.717) is 0 Å². The zero-order valence-electron chi connectivity index (χ0n) is 7.66. The molecule has 0 aliphatic rings. The second kappa shape index (κ2) is 3.30. The van der Waals surface area contributed by atoms with Gasteiger partial charge in [-0.2, -0.15) is 0 Å². The Bertz CT molecular complexity index is 369. The highest BCUT2D eigenvalue weighted by Gasteiger charge is 2.04. The zero-order chi connectivity index (χ0) is 9.26. The van der Waals surface area contributed by atoms with Crippen LogP contribution in [0.25, 0.3) is 0 Å². The van der Waals surface area contributed by atoms with Gasteiger partial charge in [-0.05, 0) is 13.8 Å². The molecule has 0 atom stereocenters. The Morgan fingerprint density at radius 1 is 1.46 bits per heavy atom. The summed E-state index contributed by atoms with van der Waals surface area (Å²) in [6.07, 6.45) is 4.40. The van der Waals surface area contributed by atoms with Crippen LogP contribution in [-0.4, -0.2) is 15.0 Å². The van der Waals surface area contributed by atoms with Gasteiger partial charge in [-0.15, -0.1) is 11.3 Å². The van der Waals surface area contributed by atoms with E-state index in [-0.39, 0.29) is 0 Å². The Hall–Kier alpha value is -1.16. The van der Waals surface area contributed by atoms with E-state index in [2.05, 4.69) is 21.9 Å². The van der Waals surface area contributed by atoms with Crippen molar-refractivity contribution in [2.24, 2.45) is 0 Å². The van der Waals surface area contributed by atoms with E-state index in [4.69, 9.17) is 0 Å². The summed E-state index contributed by atoms with van der Waals surface area (Å²) in [4.78, 5) is 12.8. The third-order valence-corrected chi connectivity index (χ3v) is 3.04. The first-order valence-corrected chi connectivity index (χ1v) is 4.97. The maximum Gasteiger partial charge on any atom is 0.0990 e. The number of hydrogen-bond acceptors (Lipinski definition) is 3. The molecule has 0 unspecified atom stereocenters. The van der Waals surface area contributed by atoms with Crippen LogP contribution < -0.4 is 0 Å². The minimum absolute atomic E-state index is 0.860. The first-order valence-electron chi connectivity index (χ1n) is 4.16. The second-order valence-corrected chi connectivity index (χ2v) is 4.29. The molecule has 0 amide bonds. The monoisotopic (exact) mass is 193 g/mol. The topological polar surface area (TPSA) is 41.6 Å². The third-order valence-electron chi connectivity index (χ3n) is 1.97. The lowest BCUT2D eigenvalue weighted by atomic mass is 10.3. The van der Waals surface area contributed by atoms with Crippen molar-refractivity contribution in [3.05, 3.63) is 33.8 Å². The van der Waals surface area contributed by atoms with E-state index in [0.717, 1.165) is 22.8 Å². The molecular formula is C9H11N3S. The van der Waals surface area contributed by atoms with Crippen LogP contribution in [0.5, 0.6) is 0 Å². The number of aryl methyl sites for hydroxylation is 2. The molecule has 3 nitrogen and oxygen atoms in total. The van der Waals surface area contributed by atoms with E-state index in [1.165, 1.54) is 4.88 Å². The van der Waals surface area contributed by atoms with Crippen molar-refractivity contribution in [1.29, 1.82) is 0 Å². The van der Waals surface area contributed by atoms with Gasteiger partial charge >= 0.3 is 0 Å². The number of thiazole rings is 1. The normalized spacial score (nSPS) is 10.6. The van der Waals surface area contributed by atoms with E-state index in [1.807, 2.05) is 13.1 Å². The van der Waals surface area contributed by atoms with Gasteiger partial charge in [0, 0.05) is 23.2 Å². The number of imidazole rings is 1. The molecular weight excluding hydrogens is 182 g/mol. The van der Waals surface area contributed by atoms with Crippen LogP contribution in [0.2, 0.25) is 0 Å². The fraction of sp³-hybridized carbons (Fsp3) is 0.333. The summed E-state index contributed by atoms with van der Waals surface area (Å²) in [7, 11) is 0. The quantitative estimate of drug-likeness (QED) is 0.793. The van der Waals surface area contributed by atoms with Crippen molar-refractivity contribution < 1.29 is 0 Å². The van der Waals surface area contributed by atoms with Gasteiger partial charge in [0.15, 0.2) is 0 Å². The molecule has 4 heteroatoms. The van der Waals surface area contributed by atoms with E-state index in [1.54, 1.807) is 17.7 Å². The molecule has 68 valence electrons. The van der Waals surface area contributed by atoms with Gasteiger partial charge in [0.25, 0.3) is 0 Å². The van der Waals surface area contributed by atoms with Crippen LogP contribution in [-0.2, 0) is 6.42 Å². The molecule has 2 aromatic rings. The van der Waals surface area contributed by atoms with Gasteiger partial charge in [-0.25, -0.2) is 9.97 Å². The summed E-state index contributed by atoms with van der Waals surface area (Å²) in [5.74, 6) is 0. The van der Waals surface area contributed by atoms with Gasteiger partial charge in [0.2, 0.25) is 0 Å². The SMILES string of the molecule is Cc1nc(Cc2cnc[nH]2)sc1C. The average molecular weight is 193 g/mol. The van der Waals surface area contributed by atoms with Gasteiger partial charge < -0.3 is 4.98 Å². The predicted octanol–water partition coefficient (Wildman–Crippen LogP) is 2.07. The number of H-pyrrole nitrogens is 1. The summed E-state index contributed by atoms with van der Waals surface area (Å²) in [5.41, 5.74) is 2.26. The molecule has 0 fully saturated rings. The largest absolute Gasteiger partial charge is 0.348 e. The number of hydrogen-bond donors (Lipinski definition) is 1. The highest BCUT2D eigenvalue weighted by Crippen LogP contribution is 2.18. The zero-order valence-corrected chi connectivity index (χ0v) is 8.48. The minimum Gasteiger partial charge on any atom is -0.348 e. The smallest absolute Gasteiger partial charge is 0.0990 e. The molecule has 0 bridgehead atoms.